The van der Waals surface area contributed by atoms with Gasteiger partial charge in [-0.2, -0.15) is 10.4 Å². The van der Waals surface area contributed by atoms with Gasteiger partial charge in [-0.1, -0.05) is 36.4 Å². The number of hydrogen-bond donors (Lipinski definition) is 1. The molecule has 0 aliphatic heterocycles. The van der Waals surface area contributed by atoms with Crippen molar-refractivity contribution < 1.29 is 4.79 Å². The molecule has 0 aliphatic rings. The van der Waals surface area contributed by atoms with Crippen LogP contribution in [0, 0.1) is 11.3 Å². The minimum absolute atomic E-state index is 0.282. The Kier molecular flexibility index (Phi) is 4.23. The van der Waals surface area contributed by atoms with Crippen molar-refractivity contribution in [3.63, 3.8) is 0 Å². The Balaban J connectivity index is 1.46. The van der Waals surface area contributed by atoms with Gasteiger partial charge in [0, 0.05) is 11.6 Å². The summed E-state index contributed by atoms with van der Waals surface area (Å²) in [6, 6.07) is 21.2. The number of hydrogen-bond acceptors (Lipinski definition) is 4. The van der Waals surface area contributed by atoms with Crippen LogP contribution in [0.4, 0.5) is 5.69 Å². The number of nitrogens with zero attached hydrogens (tertiary/aromatic N) is 5. The van der Waals surface area contributed by atoms with Gasteiger partial charge in [0.05, 0.1) is 41.8 Å². The summed E-state index contributed by atoms with van der Waals surface area (Å²) in [7, 11) is 0. The van der Waals surface area contributed by atoms with Crippen molar-refractivity contribution in [1.82, 2.24) is 19.2 Å². The zero-order valence-corrected chi connectivity index (χ0v) is 15.9. The summed E-state index contributed by atoms with van der Waals surface area (Å²) < 4.78 is 3.58. The topological polar surface area (TPSA) is 88.0 Å². The second-order valence-electron chi connectivity index (χ2n) is 6.88. The van der Waals surface area contributed by atoms with Crippen LogP contribution >= 0.6 is 0 Å². The average molecular weight is 392 g/mol. The van der Waals surface area contributed by atoms with Crippen molar-refractivity contribution in [3.05, 3.63) is 96.1 Å². The molecule has 7 nitrogen and oxygen atoms in total. The molecule has 30 heavy (non-hydrogen) atoms. The molecule has 3 heterocycles. The first-order chi connectivity index (χ1) is 14.7. The summed E-state index contributed by atoms with van der Waals surface area (Å²) in [5.41, 5.74) is 4.21. The Morgan fingerprint density at radius 1 is 1.07 bits per heavy atom. The molecule has 144 valence electrons. The van der Waals surface area contributed by atoms with Crippen molar-refractivity contribution in [1.29, 1.82) is 5.26 Å². The number of aromatic nitrogens is 4. The Bertz CT molecular complexity index is 1420. The van der Waals surface area contributed by atoms with Crippen LogP contribution in [0.2, 0.25) is 0 Å². The zero-order valence-electron chi connectivity index (χ0n) is 15.9. The van der Waals surface area contributed by atoms with Gasteiger partial charge in [-0.25, -0.2) is 4.98 Å². The first-order valence-corrected chi connectivity index (χ1v) is 9.40. The summed E-state index contributed by atoms with van der Waals surface area (Å²) in [6.07, 6.45) is 4.95. The number of imidazole rings is 1. The number of benzene rings is 2. The third kappa shape index (κ3) is 3.06. The standard InChI is InChI=1S/C23H16N6O/c24-12-17-9-10-28-21(14-25-22(28)11-17)23(30)27-19-7-4-8-20-18(19)13-26-29(20)15-16-5-2-1-3-6-16/h1-11,13-14H,15H2,(H,27,30). The molecule has 0 saturated carbocycles. The Labute approximate surface area is 171 Å². The lowest BCUT2D eigenvalue weighted by Crippen LogP contribution is -2.14. The van der Waals surface area contributed by atoms with Gasteiger partial charge >= 0.3 is 0 Å². The Morgan fingerprint density at radius 3 is 2.77 bits per heavy atom. The first-order valence-electron chi connectivity index (χ1n) is 9.40. The fraction of sp³-hybridized carbons (Fsp3) is 0.0435. The van der Waals surface area contributed by atoms with Crippen molar-refractivity contribution in [3.8, 4) is 6.07 Å². The lowest BCUT2D eigenvalue weighted by molar-refractivity contribution is 0.102. The summed E-state index contributed by atoms with van der Waals surface area (Å²) >= 11 is 0. The minimum Gasteiger partial charge on any atom is -0.320 e. The van der Waals surface area contributed by atoms with E-state index in [0.29, 0.717) is 29.1 Å². The molecule has 0 fully saturated rings. The van der Waals surface area contributed by atoms with Crippen molar-refractivity contribution in [2.45, 2.75) is 6.54 Å². The molecule has 5 aromatic rings. The maximum absolute atomic E-state index is 12.9. The second kappa shape index (κ2) is 7.18. The first kappa shape index (κ1) is 17.6. The van der Waals surface area contributed by atoms with E-state index >= 15 is 0 Å². The van der Waals surface area contributed by atoms with E-state index in [0.717, 1.165) is 16.5 Å². The van der Waals surface area contributed by atoms with Crippen LogP contribution in [0.15, 0.2) is 79.3 Å². The molecule has 1 N–H and O–H groups in total. The molecule has 1 amide bonds. The number of fused-ring (bicyclic) bond motifs is 2. The van der Waals surface area contributed by atoms with Crippen LogP contribution in [0.5, 0.6) is 0 Å². The minimum atomic E-state index is -0.282. The number of pyridine rings is 1. The van der Waals surface area contributed by atoms with E-state index in [-0.39, 0.29) is 5.91 Å². The molecule has 0 spiro atoms. The number of nitrogens with one attached hydrogen (secondary N) is 1. The van der Waals surface area contributed by atoms with E-state index in [1.165, 1.54) is 6.20 Å². The van der Waals surface area contributed by atoms with Crippen LogP contribution in [-0.4, -0.2) is 25.1 Å². The van der Waals surface area contributed by atoms with E-state index in [9.17, 15) is 4.79 Å². The lowest BCUT2D eigenvalue weighted by atomic mass is 10.2. The van der Waals surface area contributed by atoms with Gasteiger partial charge in [0.25, 0.3) is 5.91 Å². The number of anilines is 1. The molecule has 0 saturated heterocycles. The molecule has 2 aromatic carbocycles. The second-order valence-corrected chi connectivity index (χ2v) is 6.88. The maximum Gasteiger partial charge on any atom is 0.274 e. The van der Waals surface area contributed by atoms with Gasteiger partial charge in [-0.05, 0) is 29.8 Å². The molecular weight excluding hydrogens is 376 g/mol. The normalized spacial score (nSPS) is 10.9. The summed E-state index contributed by atoms with van der Waals surface area (Å²) in [5.74, 6) is -0.282. The van der Waals surface area contributed by atoms with E-state index < -0.39 is 0 Å². The highest BCUT2D eigenvalue weighted by molar-refractivity contribution is 6.08. The van der Waals surface area contributed by atoms with Crippen molar-refractivity contribution in [2.24, 2.45) is 0 Å². The van der Waals surface area contributed by atoms with Crippen LogP contribution in [-0.2, 0) is 6.54 Å². The monoisotopic (exact) mass is 392 g/mol. The van der Waals surface area contributed by atoms with Gasteiger partial charge in [0.15, 0.2) is 0 Å². The van der Waals surface area contributed by atoms with Crippen LogP contribution in [0.3, 0.4) is 0 Å². The fourth-order valence-corrected chi connectivity index (χ4v) is 3.50. The third-order valence-electron chi connectivity index (χ3n) is 4.99. The summed E-state index contributed by atoms with van der Waals surface area (Å²) in [6.45, 7) is 0.649. The smallest absolute Gasteiger partial charge is 0.274 e. The lowest BCUT2D eigenvalue weighted by Gasteiger charge is -2.08. The van der Waals surface area contributed by atoms with Crippen LogP contribution < -0.4 is 5.32 Å². The average Bonchev–Trinajstić information content (AvgIpc) is 3.39. The number of rotatable bonds is 4. The predicted octanol–water partition coefficient (Wildman–Crippen LogP) is 3.86. The molecule has 0 aliphatic carbocycles. The molecular formula is C23H16N6O. The SMILES string of the molecule is N#Cc1ccn2c(C(=O)Nc3cccc4c3cnn4Cc3ccccc3)cnc2c1. The van der Waals surface area contributed by atoms with E-state index in [4.69, 9.17) is 5.26 Å². The Morgan fingerprint density at radius 2 is 1.93 bits per heavy atom. The van der Waals surface area contributed by atoms with E-state index in [1.807, 2.05) is 41.1 Å². The molecule has 5 rings (SSSR count). The van der Waals surface area contributed by atoms with Crippen LogP contribution in [0.25, 0.3) is 16.6 Å². The van der Waals surface area contributed by atoms with Gasteiger partial charge in [0.2, 0.25) is 0 Å². The Hall–Kier alpha value is -4.44. The summed E-state index contributed by atoms with van der Waals surface area (Å²) in [4.78, 5) is 17.2. The van der Waals surface area contributed by atoms with Gasteiger partial charge in [-0.15, -0.1) is 0 Å². The van der Waals surface area contributed by atoms with E-state index in [1.54, 1.807) is 28.9 Å². The maximum atomic E-state index is 12.9. The highest BCUT2D eigenvalue weighted by Gasteiger charge is 2.15. The molecule has 3 aromatic heterocycles. The van der Waals surface area contributed by atoms with Crippen LogP contribution in [0.1, 0.15) is 21.6 Å². The zero-order chi connectivity index (χ0) is 20.5. The molecule has 0 unspecified atom stereocenters. The molecule has 0 atom stereocenters. The number of nitriles is 1. The van der Waals surface area contributed by atoms with Gasteiger partial charge < -0.3 is 5.32 Å². The number of amides is 1. The number of carbonyl (C=O) groups is 1. The highest BCUT2D eigenvalue weighted by Crippen LogP contribution is 2.24. The quantitative estimate of drug-likeness (QED) is 0.503. The molecule has 0 radical (unpaired) electrons. The molecule has 7 heteroatoms. The fourth-order valence-electron chi connectivity index (χ4n) is 3.50. The highest BCUT2D eigenvalue weighted by atomic mass is 16.1. The van der Waals surface area contributed by atoms with Gasteiger partial charge in [0.1, 0.15) is 11.3 Å². The molecule has 0 bridgehead atoms. The van der Waals surface area contributed by atoms with Crippen molar-refractivity contribution in [2.75, 3.05) is 5.32 Å². The van der Waals surface area contributed by atoms with E-state index in [2.05, 4.69) is 33.6 Å². The summed E-state index contributed by atoms with van der Waals surface area (Å²) in [5, 5.41) is 17.4. The third-order valence-corrected chi connectivity index (χ3v) is 4.99. The predicted molar refractivity (Wildman–Crippen MR) is 113 cm³/mol. The largest absolute Gasteiger partial charge is 0.320 e. The van der Waals surface area contributed by atoms with Crippen molar-refractivity contribution >= 4 is 28.1 Å². The number of carbonyl (C=O) groups excluding carboxylic acids is 1. The van der Waals surface area contributed by atoms with Gasteiger partial charge in [-0.3, -0.25) is 13.9 Å².